The molecule has 0 amide bonds. The molecule has 3 N–H and O–H groups in total. The van der Waals surface area contributed by atoms with Crippen LogP contribution < -0.4 is 11.1 Å². The number of nitrogens with two attached hydrogens (primary N) is 1. The fraction of sp³-hybridized carbons (Fsp3) is 0.261. The molecular formula is C23H29IN4O. The van der Waals surface area contributed by atoms with Gasteiger partial charge < -0.3 is 15.5 Å². The van der Waals surface area contributed by atoms with E-state index in [1.54, 1.807) is 6.26 Å². The molecule has 0 saturated heterocycles. The zero-order valence-corrected chi connectivity index (χ0v) is 19.3. The average molecular weight is 504 g/mol. The van der Waals surface area contributed by atoms with Crippen molar-refractivity contribution < 1.29 is 4.42 Å². The quantitative estimate of drug-likeness (QED) is 0.257. The number of anilines is 1. The molecule has 2 aromatic carbocycles. The molecule has 0 aliphatic carbocycles. The third kappa shape index (κ3) is 7.21. The topological polar surface area (TPSA) is 66.8 Å². The molecule has 3 aromatic rings. The van der Waals surface area contributed by atoms with Gasteiger partial charge in [0, 0.05) is 12.2 Å². The fourth-order valence-electron chi connectivity index (χ4n) is 3.11. The first kappa shape index (κ1) is 23.0. The third-order valence-electron chi connectivity index (χ3n) is 4.59. The molecule has 0 atom stereocenters. The molecule has 0 fully saturated rings. The number of nitrogens with one attached hydrogen (secondary N) is 1. The van der Waals surface area contributed by atoms with Gasteiger partial charge in [-0.15, -0.1) is 24.0 Å². The number of guanidine groups is 1. The second kappa shape index (κ2) is 11.6. The number of nitrogens with zero attached hydrogens (tertiary/aromatic N) is 2. The lowest BCUT2D eigenvalue weighted by molar-refractivity contribution is 0.287. The number of hydrogen-bond donors (Lipinski definition) is 2. The van der Waals surface area contributed by atoms with Gasteiger partial charge in [0.2, 0.25) is 0 Å². The van der Waals surface area contributed by atoms with Crippen LogP contribution in [0.25, 0.3) is 0 Å². The van der Waals surface area contributed by atoms with Crippen molar-refractivity contribution in [3.8, 4) is 0 Å². The molecule has 1 aromatic heterocycles. The number of rotatable bonds is 8. The first-order chi connectivity index (χ1) is 13.6. The van der Waals surface area contributed by atoms with Gasteiger partial charge in [0.05, 0.1) is 19.4 Å². The Morgan fingerprint density at radius 1 is 1.03 bits per heavy atom. The normalized spacial score (nSPS) is 11.3. The van der Waals surface area contributed by atoms with Crippen LogP contribution in [0.15, 0.2) is 76.3 Å². The van der Waals surface area contributed by atoms with Crippen molar-refractivity contribution in [1.29, 1.82) is 0 Å². The van der Waals surface area contributed by atoms with Gasteiger partial charge in [-0.3, -0.25) is 4.90 Å². The SMILES string of the molecule is CCc1cccc(NC(N)=NCc2ccccc2CN(C)Cc2ccco2)c1.I. The van der Waals surface area contributed by atoms with Crippen LogP contribution in [0, 0.1) is 0 Å². The number of halogens is 1. The van der Waals surface area contributed by atoms with E-state index in [0.29, 0.717) is 12.5 Å². The number of aryl methyl sites for hydroxylation is 1. The van der Waals surface area contributed by atoms with Crippen molar-refractivity contribution >= 4 is 35.6 Å². The van der Waals surface area contributed by atoms with Gasteiger partial charge in [-0.2, -0.15) is 0 Å². The van der Waals surface area contributed by atoms with Crippen molar-refractivity contribution in [3.05, 3.63) is 89.4 Å². The van der Waals surface area contributed by atoms with E-state index in [2.05, 4.69) is 59.5 Å². The Bertz CT molecular complexity index is 909. The van der Waals surface area contributed by atoms with Crippen LogP contribution in [0.5, 0.6) is 0 Å². The Morgan fingerprint density at radius 3 is 2.55 bits per heavy atom. The summed E-state index contributed by atoms with van der Waals surface area (Å²) >= 11 is 0. The van der Waals surface area contributed by atoms with Gasteiger partial charge >= 0.3 is 0 Å². The lowest BCUT2D eigenvalue weighted by Gasteiger charge is -2.17. The van der Waals surface area contributed by atoms with E-state index in [1.165, 1.54) is 16.7 Å². The van der Waals surface area contributed by atoms with E-state index in [1.807, 2.05) is 30.3 Å². The minimum Gasteiger partial charge on any atom is -0.468 e. The van der Waals surface area contributed by atoms with Gasteiger partial charge in [-0.1, -0.05) is 43.3 Å². The van der Waals surface area contributed by atoms with Crippen molar-refractivity contribution in [2.45, 2.75) is 33.0 Å². The maximum atomic E-state index is 6.10. The lowest BCUT2D eigenvalue weighted by atomic mass is 10.1. The molecule has 0 aliphatic heterocycles. The molecule has 29 heavy (non-hydrogen) atoms. The van der Waals surface area contributed by atoms with Crippen LogP contribution >= 0.6 is 24.0 Å². The second-order valence-electron chi connectivity index (χ2n) is 6.90. The summed E-state index contributed by atoms with van der Waals surface area (Å²) < 4.78 is 5.44. The van der Waals surface area contributed by atoms with Crippen LogP contribution in [0.1, 0.15) is 29.4 Å². The Labute approximate surface area is 190 Å². The predicted molar refractivity (Wildman–Crippen MR) is 131 cm³/mol. The smallest absolute Gasteiger partial charge is 0.193 e. The molecule has 0 spiro atoms. The molecule has 0 unspecified atom stereocenters. The van der Waals surface area contributed by atoms with Crippen LogP contribution in [0.2, 0.25) is 0 Å². The van der Waals surface area contributed by atoms with Crippen LogP contribution in [-0.4, -0.2) is 17.9 Å². The van der Waals surface area contributed by atoms with Crippen molar-refractivity contribution in [2.75, 3.05) is 12.4 Å². The summed E-state index contributed by atoms with van der Waals surface area (Å²) in [4.78, 5) is 6.76. The fourth-order valence-corrected chi connectivity index (χ4v) is 3.11. The molecular weight excluding hydrogens is 475 g/mol. The van der Waals surface area contributed by atoms with Crippen LogP contribution in [0.4, 0.5) is 5.69 Å². The molecule has 0 radical (unpaired) electrons. The summed E-state index contributed by atoms with van der Waals surface area (Å²) in [7, 11) is 2.08. The van der Waals surface area contributed by atoms with Crippen LogP contribution in [0.3, 0.4) is 0 Å². The standard InChI is InChI=1S/C23H28N4O.HI/c1-3-18-8-6-11-21(14-18)26-23(24)25-15-19-9-4-5-10-20(19)16-27(2)17-22-12-7-13-28-22;/h4-14H,3,15-17H2,1-2H3,(H3,24,25,26);1H. The number of aliphatic imine (C=N–C) groups is 1. The molecule has 154 valence electrons. The van der Waals surface area contributed by atoms with Crippen molar-refractivity contribution in [3.63, 3.8) is 0 Å². The molecule has 0 aliphatic rings. The molecule has 0 saturated carbocycles. The van der Waals surface area contributed by atoms with Crippen LogP contribution in [-0.2, 0) is 26.1 Å². The number of furan rings is 1. The summed E-state index contributed by atoms with van der Waals surface area (Å²) in [5.41, 5.74) is 10.7. The summed E-state index contributed by atoms with van der Waals surface area (Å²) in [5, 5.41) is 3.18. The monoisotopic (exact) mass is 504 g/mol. The largest absolute Gasteiger partial charge is 0.468 e. The van der Waals surface area contributed by atoms with Gasteiger partial charge in [-0.05, 0) is 54.4 Å². The van der Waals surface area contributed by atoms with Gasteiger partial charge in [0.15, 0.2) is 5.96 Å². The predicted octanol–water partition coefficient (Wildman–Crippen LogP) is 5.02. The van der Waals surface area contributed by atoms with E-state index >= 15 is 0 Å². The van der Waals surface area contributed by atoms with Crippen molar-refractivity contribution in [2.24, 2.45) is 10.7 Å². The molecule has 1 heterocycles. The third-order valence-corrected chi connectivity index (χ3v) is 4.59. The lowest BCUT2D eigenvalue weighted by Crippen LogP contribution is -2.23. The first-order valence-corrected chi connectivity index (χ1v) is 9.57. The van der Waals surface area contributed by atoms with Gasteiger partial charge in [0.25, 0.3) is 0 Å². The number of hydrogen-bond acceptors (Lipinski definition) is 3. The Balaban J connectivity index is 0.00000300. The van der Waals surface area contributed by atoms with E-state index in [-0.39, 0.29) is 24.0 Å². The Hall–Kier alpha value is -2.32. The van der Waals surface area contributed by atoms with E-state index in [9.17, 15) is 0 Å². The molecule has 5 nitrogen and oxygen atoms in total. The highest BCUT2D eigenvalue weighted by molar-refractivity contribution is 14.0. The minimum absolute atomic E-state index is 0. The van der Waals surface area contributed by atoms with E-state index < -0.39 is 0 Å². The average Bonchev–Trinajstić information content (AvgIpc) is 3.20. The second-order valence-corrected chi connectivity index (χ2v) is 6.90. The zero-order valence-electron chi connectivity index (χ0n) is 17.0. The highest BCUT2D eigenvalue weighted by Gasteiger charge is 2.07. The molecule has 6 heteroatoms. The summed E-state index contributed by atoms with van der Waals surface area (Å²) in [5.74, 6) is 1.38. The van der Waals surface area contributed by atoms with Crippen molar-refractivity contribution in [1.82, 2.24) is 4.90 Å². The summed E-state index contributed by atoms with van der Waals surface area (Å²) in [6.07, 6.45) is 2.70. The van der Waals surface area contributed by atoms with E-state index in [0.717, 1.165) is 31.0 Å². The number of benzene rings is 2. The first-order valence-electron chi connectivity index (χ1n) is 9.57. The highest BCUT2D eigenvalue weighted by Crippen LogP contribution is 2.15. The Kier molecular flexibility index (Phi) is 9.21. The van der Waals surface area contributed by atoms with Gasteiger partial charge in [0.1, 0.15) is 5.76 Å². The molecule has 0 bridgehead atoms. The zero-order chi connectivity index (χ0) is 19.8. The summed E-state index contributed by atoms with van der Waals surface area (Å²) in [6.45, 7) is 4.26. The van der Waals surface area contributed by atoms with Gasteiger partial charge in [-0.25, -0.2) is 4.99 Å². The molecule has 3 rings (SSSR count). The Morgan fingerprint density at radius 2 is 1.83 bits per heavy atom. The minimum atomic E-state index is 0. The summed E-state index contributed by atoms with van der Waals surface area (Å²) in [6, 6.07) is 20.5. The highest BCUT2D eigenvalue weighted by atomic mass is 127. The van der Waals surface area contributed by atoms with E-state index in [4.69, 9.17) is 10.2 Å². The maximum Gasteiger partial charge on any atom is 0.193 e. The maximum absolute atomic E-state index is 6.10.